The molecule has 1 amide bonds. The first-order valence-corrected chi connectivity index (χ1v) is 9.37. The van der Waals surface area contributed by atoms with Crippen LogP contribution in [0.2, 0.25) is 0 Å². The molecule has 0 atom stereocenters. The second-order valence-electron chi connectivity index (χ2n) is 7.20. The van der Waals surface area contributed by atoms with Gasteiger partial charge in [-0.05, 0) is 61.2 Å². The normalized spacial score (nSPS) is 15.4. The van der Waals surface area contributed by atoms with E-state index in [1.165, 1.54) is 25.0 Å². The maximum absolute atomic E-state index is 12.7. The van der Waals surface area contributed by atoms with E-state index in [1.807, 2.05) is 24.3 Å². The molecule has 1 fully saturated rings. The van der Waals surface area contributed by atoms with Crippen LogP contribution < -0.4 is 15.5 Å². The summed E-state index contributed by atoms with van der Waals surface area (Å²) in [6.45, 7) is 4.34. The zero-order chi connectivity index (χ0) is 20.1. The smallest absolute Gasteiger partial charge is 0.376 e. The van der Waals surface area contributed by atoms with E-state index in [0.29, 0.717) is 0 Å². The van der Waals surface area contributed by atoms with Gasteiger partial charge in [0.05, 0.1) is 12.1 Å². The summed E-state index contributed by atoms with van der Waals surface area (Å²) in [6.07, 6.45) is -2.06. The zero-order valence-electron chi connectivity index (χ0n) is 15.7. The number of amides is 1. The Balaban J connectivity index is 1.51. The van der Waals surface area contributed by atoms with Gasteiger partial charge in [-0.1, -0.05) is 13.0 Å². The summed E-state index contributed by atoms with van der Waals surface area (Å²) >= 11 is 0. The molecule has 0 spiro atoms. The predicted octanol–water partition coefficient (Wildman–Crippen LogP) is 4.99. The summed E-state index contributed by atoms with van der Waals surface area (Å²) < 4.78 is 38.2. The lowest BCUT2D eigenvalue weighted by Gasteiger charge is -2.32. The maximum Gasteiger partial charge on any atom is 0.416 e. The van der Waals surface area contributed by atoms with Gasteiger partial charge in [-0.3, -0.25) is 4.79 Å². The summed E-state index contributed by atoms with van der Waals surface area (Å²) in [5.74, 6) is 0.362. The van der Waals surface area contributed by atoms with E-state index in [0.717, 1.165) is 42.5 Å². The van der Waals surface area contributed by atoms with Crippen LogP contribution in [-0.2, 0) is 11.0 Å². The summed E-state index contributed by atoms with van der Waals surface area (Å²) in [5.41, 5.74) is 1.27. The lowest BCUT2D eigenvalue weighted by atomic mass is 9.99. The molecule has 3 rings (SSSR count). The largest absolute Gasteiger partial charge is 0.416 e. The molecule has 0 unspecified atom stereocenters. The molecule has 1 aliphatic heterocycles. The van der Waals surface area contributed by atoms with Gasteiger partial charge in [-0.15, -0.1) is 0 Å². The van der Waals surface area contributed by atoms with Crippen molar-refractivity contribution in [3.05, 3.63) is 54.1 Å². The summed E-state index contributed by atoms with van der Waals surface area (Å²) in [4.78, 5) is 14.4. The Morgan fingerprint density at radius 3 is 2.39 bits per heavy atom. The summed E-state index contributed by atoms with van der Waals surface area (Å²) in [7, 11) is 0. The number of hydrogen-bond donors (Lipinski definition) is 2. The van der Waals surface area contributed by atoms with Crippen molar-refractivity contribution in [3.8, 4) is 0 Å². The standard InChI is InChI=1S/C21H24F3N3O/c1-15-9-11-27(12-10-15)19-7-5-17(6-8-19)25-14-20(28)26-18-4-2-3-16(13-18)21(22,23)24/h2-8,13,15,25H,9-12,14H2,1H3,(H,26,28). The third-order valence-corrected chi connectivity index (χ3v) is 4.94. The second-order valence-corrected chi connectivity index (χ2v) is 7.20. The lowest BCUT2D eigenvalue weighted by Crippen LogP contribution is -2.32. The van der Waals surface area contributed by atoms with Gasteiger partial charge in [-0.25, -0.2) is 0 Å². The average Bonchev–Trinajstić information content (AvgIpc) is 2.67. The number of anilines is 3. The third-order valence-electron chi connectivity index (χ3n) is 4.94. The van der Waals surface area contributed by atoms with Crippen LogP contribution in [0, 0.1) is 5.92 Å². The van der Waals surface area contributed by atoms with Crippen LogP contribution in [0.15, 0.2) is 48.5 Å². The fourth-order valence-corrected chi connectivity index (χ4v) is 3.22. The average molecular weight is 391 g/mol. The van der Waals surface area contributed by atoms with E-state index < -0.39 is 17.6 Å². The number of halogens is 3. The highest BCUT2D eigenvalue weighted by Crippen LogP contribution is 2.30. The van der Waals surface area contributed by atoms with Gasteiger partial charge in [-0.2, -0.15) is 13.2 Å². The Kier molecular flexibility index (Phi) is 6.11. The number of nitrogens with zero attached hydrogens (tertiary/aromatic N) is 1. The fourth-order valence-electron chi connectivity index (χ4n) is 3.22. The Hall–Kier alpha value is -2.70. The van der Waals surface area contributed by atoms with Crippen molar-refractivity contribution in [1.29, 1.82) is 0 Å². The molecular formula is C21H24F3N3O. The highest BCUT2D eigenvalue weighted by molar-refractivity contribution is 5.93. The van der Waals surface area contributed by atoms with E-state index in [4.69, 9.17) is 0 Å². The van der Waals surface area contributed by atoms with Gasteiger partial charge in [0.15, 0.2) is 0 Å². The first-order chi connectivity index (χ1) is 13.3. The van der Waals surface area contributed by atoms with Gasteiger partial charge in [0.1, 0.15) is 0 Å². The van der Waals surface area contributed by atoms with Crippen molar-refractivity contribution >= 4 is 23.0 Å². The van der Waals surface area contributed by atoms with E-state index in [1.54, 1.807) is 0 Å². The molecule has 2 aromatic rings. The molecule has 0 bridgehead atoms. The van der Waals surface area contributed by atoms with Crippen molar-refractivity contribution in [3.63, 3.8) is 0 Å². The molecule has 28 heavy (non-hydrogen) atoms. The Bertz CT molecular complexity index is 797. The molecule has 150 valence electrons. The minimum absolute atomic E-state index is 0.0309. The highest BCUT2D eigenvalue weighted by atomic mass is 19.4. The number of nitrogens with one attached hydrogen (secondary N) is 2. The van der Waals surface area contributed by atoms with Crippen molar-refractivity contribution in [2.75, 3.05) is 35.2 Å². The molecule has 0 aromatic heterocycles. The second kappa shape index (κ2) is 8.54. The van der Waals surface area contributed by atoms with Crippen LogP contribution in [0.5, 0.6) is 0 Å². The van der Waals surface area contributed by atoms with Crippen molar-refractivity contribution in [2.45, 2.75) is 25.9 Å². The molecular weight excluding hydrogens is 367 g/mol. The van der Waals surface area contributed by atoms with Crippen LogP contribution in [0.3, 0.4) is 0 Å². The van der Waals surface area contributed by atoms with E-state index in [2.05, 4.69) is 22.5 Å². The van der Waals surface area contributed by atoms with Gasteiger partial charge in [0.25, 0.3) is 0 Å². The number of piperidine rings is 1. The van der Waals surface area contributed by atoms with Crippen molar-refractivity contribution in [1.82, 2.24) is 0 Å². The topological polar surface area (TPSA) is 44.4 Å². The number of carbonyl (C=O) groups is 1. The number of carbonyl (C=O) groups excluding carboxylic acids is 1. The molecule has 0 aliphatic carbocycles. The number of benzene rings is 2. The lowest BCUT2D eigenvalue weighted by molar-refractivity contribution is -0.137. The SMILES string of the molecule is CC1CCN(c2ccc(NCC(=O)Nc3cccc(C(F)(F)F)c3)cc2)CC1. The van der Waals surface area contributed by atoms with Crippen LogP contribution in [0.4, 0.5) is 30.2 Å². The van der Waals surface area contributed by atoms with E-state index >= 15 is 0 Å². The minimum Gasteiger partial charge on any atom is -0.376 e. The van der Waals surface area contributed by atoms with Gasteiger partial charge in [0.2, 0.25) is 5.91 Å². The molecule has 1 aliphatic rings. The van der Waals surface area contributed by atoms with Gasteiger partial charge in [0, 0.05) is 30.2 Å². The molecule has 4 nitrogen and oxygen atoms in total. The first-order valence-electron chi connectivity index (χ1n) is 9.37. The molecule has 2 N–H and O–H groups in total. The van der Waals surface area contributed by atoms with E-state index in [9.17, 15) is 18.0 Å². The molecule has 0 radical (unpaired) electrons. The summed E-state index contributed by atoms with van der Waals surface area (Å²) in [6, 6.07) is 12.4. The van der Waals surface area contributed by atoms with Crippen LogP contribution in [-0.4, -0.2) is 25.5 Å². The number of hydrogen-bond acceptors (Lipinski definition) is 3. The van der Waals surface area contributed by atoms with Crippen LogP contribution >= 0.6 is 0 Å². The molecule has 1 saturated heterocycles. The van der Waals surface area contributed by atoms with Gasteiger partial charge >= 0.3 is 6.18 Å². The highest BCUT2D eigenvalue weighted by Gasteiger charge is 2.30. The maximum atomic E-state index is 12.7. The Labute approximate surface area is 162 Å². The van der Waals surface area contributed by atoms with Crippen molar-refractivity contribution < 1.29 is 18.0 Å². The third kappa shape index (κ3) is 5.41. The van der Waals surface area contributed by atoms with Crippen LogP contribution in [0.1, 0.15) is 25.3 Å². The summed E-state index contributed by atoms with van der Waals surface area (Å²) in [5, 5.41) is 5.48. The molecule has 0 saturated carbocycles. The monoisotopic (exact) mass is 391 g/mol. The van der Waals surface area contributed by atoms with Gasteiger partial charge < -0.3 is 15.5 Å². The van der Waals surface area contributed by atoms with Crippen molar-refractivity contribution in [2.24, 2.45) is 5.92 Å². The fraction of sp³-hybridized carbons (Fsp3) is 0.381. The Morgan fingerprint density at radius 2 is 1.75 bits per heavy atom. The molecule has 7 heteroatoms. The van der Waals surface area contributed by atoms with E-state index in [-0.39, 0.29) is 12.2 Å². The minimum atomic E-state index is -4.44. The number of alkyl halides is 3. The first kappa shape index (κ1) is 20.0. The molecule has 2 aromatic carbocycles. The predicted molar refractivity (Wildman–Crippen MR) is 106 cm³/mol. The zero-order valence-corrected chi connectivity index (χ0v) is 15.7. The number of rotatable bonds is 5. The molecule has 1 heterocycles. The van der Waals surface area contributed by atoms with Crippen LogP contribution in [0.25, 0.3) is 0 Å². The Morgan fingerprint density at radius 1 is 1.07 bits per heavy atom. The quantitative estimate of drug-likeness (QED) is 0.755.